The summed E-state index contributed by atoms with van der Waals surface area (Å²) in [5.41, 5.74) is 0. The van der Waals surface area contributed by atoms with E-state index in [1.807, 2.05) is 0 Å². The Bertz CT molecular complexity index is 424. The summed E-state index contributed by atoms with van der Waals surface area (Å²) in [6.07, 6.45) is 6.44. The first-order valence-electron chi connectivity index (χ1n) is 8.33. The highest BCUT2D eigenvalue weighted by Crippen LogP contribution is 2.61. The fourth-order valence-corrected chi connectivity index (χ4v) is 4.96. The molecule has 0 radical (unpaired) electrons. The van der Waals surface area contributed by atoms with Gasteiger partial charge in [-0.15, -0.1) is 0 Å². The van der Waals surface area contributed by atoms with Crippen LogP contribution in [0, 0.1) is 23.7 Å². The average Bonchev–Trinajstić information content (AvgIpc) is 2.52. The van der Waals surface area contributed by atoms with Crippen molar-refractivity contribution < 1.29 is 29.1 Å². The molecule has 22 heavy (non-hydrogen) atoms. The molecule has 6 heteroatoms. The van der Waals surface area contributed by atoms with E-state index in [-0.39, 0.29) is 12.4 Å². The molecule has 1 spiro atoms. The molecular weight excluding hydrogens is 288 g/mol. The normalized spacial score (nSPS) is 49.5. The average molecular weight is 312 g/mol. The van der Waals surface area contributed by atoms with Crippen LogP contribution in [0.25, 0.3) is 0 Å². The highest BCUT2D eigenvalue weighted by atomic mass is 17.4. The minimum absolute atomic E-state index is 0.198. The molecule has 1 heterocycles. The number of hydrogen-bond donors (Lipinski definition) is 0. The van der Waals surface area contributed by atoms with Crippen LogP contribution in [0.5, 0.6) is 0 Å². The lowest BCUT2D eigenvalue weighted by molar-refractivity contribution is -0.675. The van der Waals surface area contributed by atoms with Gasteiger partial charge in [0.1, 0.15) is 0 Å². The van der Waals surface area contributed by atoms with Crippen molar-refractivity contribution in [2.24, 2.45) is 23.7 Å². The molecule has 0 atom stereocenters. The van der Waals surface area contributed by atoms with Crippen LogP contribution in [-0.2, 0) is 29.1 Å². The van der Waals surface area contributed by atoms with Crippen LogP contribution in [0.3, 0.4) is 0 Å². The Kier molecular flexibility index (Phi) is 3.49. The predicted molar refractivity (Wildman–Crippen MR) is 73.8 cm³/mol. The van der Waals surface area contributed by atoms with Crippen LogP contribution in [0.1, 0.15) is 51.9 Å². The summed E-state index contributed by atoms with van der Waals surface area (Å²) in [6, 6.07) is 0. The van der Waals surface area contributed by atoms with Gasteiger partial charge in [0.05, 0.1) is 13.5 Å². The van der Waals surface area contributed by atoms with E-state index in [0.717, 1.165) is 37.5 Å². The van der Waals surface area contributed by atoms with Gasteiger partial charge in [0.2, 0.25) is 11.6 Å². The van der Waals surface area contributed by atoms with Gasteiger partial charge in [0.25, 0.3) is 0 Å². The molecule has 4 bridgehead atoms. The van der Waals surface area contributed by atoms with Crippen molar-refractivity contribution in [2.75, 3.05) is 7.11 Å². The topological polar surface area (TPSA) is 63.2 Å². The van der Waals surface area contributed by atoms with Crippen molar-refractivity contribution in [2.45, 2.75) is 63.4 Å². The zero-order valence-corrected chi connectivity index (χ0v) is 13.2. The smallest absolute Gasteiger partial charge is 0.305 e. The van der Waals surface area contributed by atoms with E-state index in [0.29, 0.717) is 18.3 Å². The number of hydrogen-bond acceptors (Lipinski definition) is 6. The molecule has 0 unspecified atom stereocenters. The van der Waals surface area contributed by atoms with E-state index in [9.17, 15) is 4.79 Å². The van der Waals surface area contributed by atoms with Gasteiger partial charge in [0.15, 0.2) is 0 Å². The molecule has 0 aromatic carbocycles. The standard InChI is InChI=1S/C16H24O6/c1-15(4-3-14(17)18-2)19-21-16(22-20-15)12-6-10-5-11(8-12)9-13(16)7-10/h10-13H,3-9H2,1-2H3. The zero-order chi connectivity index (χ0) is 15.4. The van der Waals surface area contributed by atoms with Crippen molar-refractivity contribution in [1.82, 2.24) is 0 Å². The second-order valence-corrected chi connectivity index (χ2v) is 7.57. The summed E-state index contributed by atoms with van der Waals surface area (Å²) >= 11 is 0. The van der Waals surface area contributed by atoms with Gasteiger partial charge >= 0.3 is 5.97 Å². The third kappa shape index (κ3) is 2.28. The summed E-state index contributed by atoms with van der Waals surface area (Å²) < 4.78 is 4.64. The van der Waals surface area contributed by atoms with Gasteiger partial charge in [-0.05, 0) is 50.9 Å². The summed E-state index contributed by atoms with van der Waals surface area (Å²) in [4.78, 5) is 34.1. The second kappa shape index (κ2) is 5.16. The van der Waals surface area contributed by atoms with Crippen LogP contribution in [0.4, 0.5) is 0 Å². The third-order valence-electron chi connectivity index (χ3n) is 5.98. The molecule has 0 aromatic heterocycles. The largest absolute Gasteiger partial charge is 0.469 e. The number of methoxy groups -OCH3 is 1. The Hall–Kier alpha value is -0.690. The zero-order valence-electron chi connectivity index (χ0n) is 13.2. The second-order valence-electron chi connectivity index (χ2n) is 7.57. The lowest BCUT2D eigenvalue weighted by atomic mass is 9.53. The molecule has 5 fully saturated rings. The van der Waals surface area contributed by atoms with Crippen molar-refractivity contribution in [3.8, 4) is 0 Å². The van der Waals surface area contributed by atoms with Crippen LogP contribution in [-0.4, -0.2) is 24.7 Å². The predicted octanol–water partition coefficient (Wildman–Crippen LogP) is 2.72. The summed E-state index contributed by atoms with van der Waals surface area (Å²) in [7, 11) is 1.36. The first kappa shape index (κ1) is 14.9. The fourth-order valence-electron chi connectivity index (χ4n) is 4.96. The van der Waals surface area contributed by atoms with E-state index >= 15 is 0 Å². The molecule has 0 aromatic rings. The van der Waals surface area contributed by atoms with Crippen LogP contribution in [0.15, 0.2) is 0 Å². The number of carbonyl (C=O) groups excluding carboxylic acids is 1. The van der Waals surface area contributed by atoms with Gasteiger partial charge in [-0.3, -0.25) is 4.79 Å². The minimum atomic E-state index is -1.06. The highest BCUT2D eigenvalue weighted by molar-refractivity contribution is 5.69. The van der Waals surface area contributed by atoms with Gasteiger partial charge in [0, 0.05) is 18.3 Å². The van der Waals surface area contributed by atoms with Gasteiger partial charge in [-0.2, -0.15) is 19.6 Å². The number of esters is 1. The molecule has 4 aliphatic carbocycles. The summed E-state index contributed by atoms with van der Waals surface area (Å²) in [6.45, 7) is 1.72. The Morgan fingerprint density at radius 2 is 1.55 bits per heavy atom. The number of rotatable bonds is 3. The maximum atomic E-state index is 11.3. The van der Waals surface area contributed by atoms with Gasteiger partial charge < -0.3 is 4.74 Å². The molecular formula is C16H24O6. The summed E-state index contributed by atoms with van der Waals surface area (Å²) in [5, 5.41) is 0. The Balaban J connectivity index is 1.42. The number of carbonyl (C=O) groups is 1. The SMILES string of the molecule is COC(=O)CCC1(C)OOC2(OO1)C1CC3CC(C1)CC2C3. The van der Waals surface area contributed by atoms with E-state index in [1.54, 1.807) is 6.92 Å². The Labute approximate surface area is 130 Å². The number of ether oxygens (including phenoxy) is 1. The van der Waals surface area contributed by atoms with Crippen molar-refractivity contribution in [3.05, 3.63) is 0 Å². The van der Waals surface area contributed by atoms with E-state index in [2.05, 4.69) is 4.74 Å². The third-order valence-corrected chi connectivity index (χ3v) is 5.98. The lowest BCUT2D eigenvalue weighted by Gasteiger charge is -2.60. The molecule has 6 nitrogen and oxygen atoms in total. The van der Waals surface area contributed by atoms with Crippen LogP contribution < -0.4 is 0 Å². The molecule has 5 rings (SSSR count). The van der Waals surface area contributed by atoms with Gasteiger partial charge in [-0.1, -0.05) is 0 Å². The Morgan fingerprint density at radius 1 is 1.00 bits per heavy atom. The maximum absolute atomic E-state index is 11.3. The highest BCUT2D eigenvalue weighted by Gasteiger charge is 2.64. The van der Waals surface area contributed by atoms with Crippen LogP contribution >= 0.6 is 0 Å². The molecule has 1 aliphatic heterocycles. The fraction of sp³-hybridized carbons (Fsp3) is 0.938. The van der Waals surface area contributed by atoms with Gasteiger partial charge in [-0.25, -0.2) is 0 Å². The first-order valence-corrected chi connectivity index (χ1v) is 8.33. The maximum Gasteiger partial charge on any atom is 0.305 e. The first-order chi connectivity index (χ1) is 10.5. The molecule has 0 amide bonds. The molecule has 0 N–H and O–H groups in total. The lowest BCUT2D eigenvalue weighted by Crippen LogP contribution is -2.64. The van der Waals surface area contributed by atoms with Crippen molar-refractivity contribution in [1.29, 1.82) is 0 Å². The van der Waals surface area contributed by atoms with E-state index in [1.165, 1.54) is 13.5 Å². The summed E-state index contributed by atoms with van der Waals surface area (Å²) in [5.74, 6) is 0.235. The van der Waals surface area contributed by atoms with E-state index < -0.39 is 11.6 Å². The van der Waals surface area contributed by atoms with Crippen molar-refractivity contribution >= 4 is 5.97 Å². The molecule has 5 aliphatic rings. The molecule has 1 saturated heterocycles. The molecule has 4 saturated carbocycles. The van der Waals surface area contributed by atoms with Crippen LogP contribution in [0.2, 0.25) is 0 Å². The quantitative estimate of drug-likeness (QED) is 0.590. The van der Waals surface area contributed by atoms with Crippen molar-refractivity contribution in [3.63, 3.8) is 0 Å². The molecule has 124 valence electrons. The monoisotopic (exact) mass is 312 g/mol. The Morgan fingerprint density at radius 3 is 2.05 bits per heavy atom. The minimum Gasteiger partial charge on any atom is -0.469 e. The van der Waals surface area contributed by atoms with E-state index in [4.69, 9.17) is 19.6 Å².